The minimum atomic E-state index is -0.499. The van der Waals surface area contributed by atoms with E-state index < -0.39 is 6.67 Å². The number of carbonyl (C=O) groups is 1. The Morgan fingerprint density at radius 3 is 3.00 bits per heavy atom. The second-order valence-electron chi connectivity index (χ2n) is 9.26. The molecule has 6 rings (SSSR count). The van der Waals surface area contributed by atoms with E-state index in [0.29, 0.717) is 42.1 Å². The Labute approximate surface area is 158 Å². The molecule has 1 aromatic heterocycles. The summed E-state index contributed by atoms with van der Waals surface area (Å²) in [6.07, 6.45) is 6.02. The van der Waals surface area contributed by atoms with Gasteiger partial charge in [0.05, 0.1) is 24.2 Å². The first-order chi connectivity index (χ1) is 13.1. The van der Waals surface area contributed by atoms with E-state index in [1.54, 1.807) is 6.20 Å². The number of aromatic nitrogens is 1. The molecule has 0 radical (unpaired) electrons. The van der Waals surface area contributed by atoms with Crippen LogP contribution in [0.15, 0.2) is 12.3 Å². The fraction of sp³-hybridized carbons (Fsp3) is 0.714. The van der Waals surface area contributed by atoms with E-state index in [9.17, 15) is 9.18 Å². The predicted octanol–water partition coefficient (Wildman–Crippen LogP) is 2.08. The summed E-state index contributed by atoms with van der Waals surface area (Å²) in [6, 6.07) is 3.27. The number of pyridine rings is 1. The van der Waals surface area contributed by atoms with Crippen LogP contribution in [-0.4, -0.2) is 58.1 Å². The summed E-state index contributed by atoms with van der Waals surface area (Å²) >= 11 is 0. The predicted molar refractivity (Wildman–Crippen MR) is 96.6 cm³/mol. The van der Waals surface area contributed by atoms with Gasteiger partial charge in [0.1, 0.15) is 6.67 Å². The van der Waals surface area contributed by atoms with Crippen molar-refractivity contribution < 1.29 is 13.9 Å². The van der Waals surface area contributed by atoms with Crippen molar-refractivity contribution >= 4 is 5.91 Å². The SMILES string of the molecule is CC1C2Cc3ncc(CF)cc3CN2C(=O)[C@]12CC[C@@H](N1CC3OCC31)C2. The van der Waals surface area contributed by atoms with Crippen molar-refractivity contribution in [1.29, 1.82) is 0 Å². The van der Waals surface area contributed by atoms with Crippen LogP contribution in [0.3, 0.4) is 0 Å². The maximum atomic E-state index is 13.6. The molecule has 1 saturated carbocycles. The molecule has 144 valence electrons. The molecule has 1 amide bonds. The lowest BCUT2D eigenvalue weighted by Gasteiger charge is -2.57. The number of hydrogen-bond acceptors (Lipinski definition) is 4. The first-order valence-electron chi connectivity index (χ1n) is 10.3. The molecule has 0 N–H and O–H groups in total. The van der Waals surface area contributed by atoms with Gasteiger partial charge in [-0.15, -0.1) is 0 Å². The Kier molecular flexibility index (Phi) is 3.35. The Bertz CT molecular complexity index is 817. The number of rotatable bonds is 2. The maximum Gasteiger partial charge on any atom is 0.229 e. The summed E-state index contributed by atoms with van der Waals surface area (Å²) in [4.78, 5) is 22.8. The molecule has 3 saturated heterocycles. The molecule has 6 heteroatoms. The molecule has 4 aliphatic heterocycles. The lowest BCUT2D eigenvalue weighted by molar-refractivity contribution is -0.226. The third-order valence-corrected chi connectivity index (χ3v) is 8.27. The number of amides is 1. The summed E-state index contributed by atoms with van der Waals surface area (Å²) in [5.74, 6) is 0.682. The van der Waals surface area contributed by atoms with Gasteiger partial charge in [-0.1, -0.05) is 6.92 Å². The molecule has 4 fully saturated rings. The van der Waals surface area contributed by atoms with Gasteiger partial charge in [0.15, 0.2) is 0 Å². The van der Waals surface area contributed by atoms with Crippen LogP contribution in [0.2, 0.25) is 0 Å². The van der Waals surface area contributed by atoms with Crippen molar-refractivity contribution in [2.24, 2.45) is 11.3 Å². The quantitative estimate of drug-likeness (QED) is 0.799. The van der Waals surface area contributed by atoms with Crippen molar-refractivity contribution in [1.82, 2.24) is 14.8 Å². The number of halogens is 1. The second-order valence-corrected chi connectivity index (χ2v) is 9.26. The third kappa shape index (κ3) is 2.06. The molecule has 0 aromatic carbocycles. The summed E-state index contributed by atoms with van der Waals surface area (Å²) in [6.45, 7) is 4.28. The smallest absolute Gasteiger partial charge is 0.229 e. The number of nitrogens with zero attached hydrogens (tertiary/aromatic N) is 3. The zero-order valence-corrected chi connectivity index (χ0v) is 15.7. The van der Waals surface area contributed by atoms with Crippen LogP contribution < -0.4 is 0 Å². The largest absolute Gasteiger partial charge is 0.373 e. The van der Waals surface area contributed by atoms with E-state index in [1.807, 2.05) is 6.07 Å². The van der Waals surface area contributed by atoms with Crippen LogP contribution in [0, 0.1) is 11.3 Å². The third-order valence-electron chi connectivity index (χ3n) is 8.27. The van der Waals surface area contributed by atoms with Gasteiger partial charge in [-0.2, -0.15) is 0 Å². The highest BCUT2D eigenvalue weighted by Crippen LogP contribution is 2.56. The lowest BCUT2D eigenvalue weighted by atomic mass is 9.73. The molecular weight excluding hydrogens is 345 g/mol. The van der Waals surface area contributed by atoms with Gasteiger partial charge >= 0.3 is 0 Å². The Hall–Kier alpha value is -1.53. The van der Waals surface area contributed by atoms with Crippen LogP contribution in [0.5, 0.6) is 0 Å². The molecule has 5 aliphatic rings. The van der Waals surface area contributed by atoms with Crippen molar-refractivity contribution in [3.05, 3.63) is 29.1 Å². The van der Waals surface area contributed by atoms with Crippen molar-refractivity contribution in [2.45, 2.75) is 70.1 Å². The molecule has 5 nitrogen and oxygen atoms in total. The average molecular weight is 371 g/mol. The summed E-state index contributed by atoms with van der Waals surface area (Å²) in [7, 11) is 0. The van der Waals surface area contributed by atoms with Crippen molar-refractivity contribution in [3.8, 4) is 0 Å². The highest BCUT2D eigenvalue weighted by molar-refractivity contribution is 5.87. The number of alkyl halides is 1. The Morgan fingerprint density at radius 1 is 1.41 bits per heavy atom. The lowest BCUT2D eigenvalue weighted by Crippen LogP contribution is -2.72. The van der Waals surface area contributed by atoms with Crippen LogP contribution >= 0.6 is 0 Å². The molecule has 6 atom stereocenters. The fourth-order valence-corrected chi connectivity index (χ4v) is 6.48. The molecular formula is C21H26FN3O2. The maximum absolute atomic E-state index is 13.6. The van der Waals surface area contributed by atoms with E-state index in [4.69, 9.17) is 4.74 Å². The molecule has 1 aromatic rings. The topological polar surface area (TPSA) is 45.7 Å². The van der Waals surface area contributed by atoms with Gasteiger partial charge in [0, 0.05) is 49.0 Å². The first-order valence-corrected chi connectivity index (χ1v) is 10.3. The van der Waals surface area contributed by atoms with Crippen LogP contribution in [0.25, 0.3) is 0 Å². The molecule has 1 aliphatic carbocycles. The zero-order valence-electron chi connectivity index (χ0n) is 15.7. The van der Waals surface area contributed by atoms with Crippen LogP contribution in [0.1, 0.15) is 43.0 Å². The zero-order chi connectivity index (χ0) is 18.3. The normalized spacial score (nSPS) is 42.5. The number of morpholine rings is 1. The number of hydrogen-bond donors (Lipinski definition) is 0. The summed E-state index contributed by atoms with van der Waals surface area (Å²) < 4.78 is 18.6. The van der Waals surface area contributed by atoms with E-state index in [0.717, 1.165) is 50.1 Å². The highest BCUT2D eigenvalue weighted by atomic mass is 19.1. The second kappa shape index (κ2) is 5.51. The van der Waals surface area contributed by atoms with E-state index in [2.05, 4.69) is 21.7 Å². The summed E-state index contributed by atoms with van der Waals surface area (Å²) in [5.41, 5.74) is 2.48. The van der Waals surface area contributed by atoms with Crippen molar-refractivity contribution in [2.75, 3.05) is 13.2 Å². The molecule has 5 heterocycles. The Morgan fingerprint density at radius 2 is 2.30 bits per heavy atom. The monoisotopic (exact) mass is 371 g/mol. The van der Waals surface area contributed by atoms with E-state index in [1.165, 1.54) is 0 Å². The molecule has 27 heavy (non-hydrogen) atoms. The summed E-state index contributed by atoms with van der Waals surface area (Å²) in [5, 5.41) is 0. The number of fused-ring (bicyclic) bond motifs is 3. The average Bonchev–Trinajstić information content (AvgIpc) is 3.20. The van der Waals surface area contributed by atoms with Gasteiger partial charge in [0.2, 0.25) is 5.91 Å². The standard InChI is InChI=1S/C21H26FN3O2/c1-12-17-5-16-14(4-13(7-22)8-23-16)9-25(17)20(26)21(12)3-2-15(6-21)24-10-19-18(24)11-27-19/h4,8,12,15,17-19H,2-3,5-7,9-11H2,1H3/t12?,15-,17?,18?,19?,21+/m1/s1. The van der Waals surface area contributed by atoms with Crippen molar-refractivity contribution in [3.63, 3.8) is 0 Å². The molecule has 0 bridgehead atoms. The minimum absolute atomic E-state index is 0.212. The minimum Gasteiger partial charge on any atom is -0.373 e. The number of carbonyl (C=O) groups excluding carboxylic acids is 1. The van der Waals surface area contributed by atoms with Gasteiger partial charge in [-0.25, -0.2) is 4.39 Å². The molecule has 4 unspecified atom stereocenters. The van der Waals surface area contributed by atoms with Gasteiger partial charge < -0.3 is 9.64 Å². The van der Waals surface area contributed by atoms with Gasteiger partial charge in [0.25, 0.3) is 0 Å². The van der Waals surface area contributed by atoms with Gasteiger partial charge in [-0.3, -0.25) is 14.7 Å². The number of ether oxygens (including phenoxy) is 1. The van der Waals surface area contributed by atoms with Crippen LogP contribution in [-0.2, 0) is 29.2 Å². The van der Waals surface area contributed by atoms with Crippen LogP contribution in [0.4, 0.5) is 4.39 Å². The van der Waals surface area contributed by atoms with E-state index >= 15 is 0 Å². The fourth-order valence-electron chi connectivity index (χ4n) is 6.48. The first kappa shape index (κ1) is 16.4. The highest BCUT2D eigenvalue weighted by Gasteiger charge is 2.62. The van der Waals surface area contributed by atoms with Gasteiger partial charge in [-0.05, 0) is 36.8 Å². The van der Waals surface area contributed by atoms with E-state index in [-0.39, 0.29) is 11.5 Å². The molecule has 1 spiro atoms. The Balaban J connectivity index is 1.26. The number of likely N-dealkylation sites (tertiary alicyclic amines) is 1.